The third-order valence-electron chi connectivity index (χ3n) is 4.14. The molecule has 130 valence electrons. The summed E-state index contributed by atoms with van der Waals surface area (Å²) < 4.78 is 0. The molecule has 0 saturated carbocycles. The average Bonchev–Trinajstić information content (AvgIpc) is 2.83. The van der Waals surface area contributed by atoms with Crippen LogP contribution in [0.15, 0.2) is 4.79 Å². The lowest BCUT2D eigenvalue weighted by molar-refractivity contribution is -0.119. The number of amides is 1. The van der Waals surface area contributed by atoms with Gasteiger partial charge in [-0.1, -0.05) is 6.92 Å². The quantitative estimate of drug-likeness (QED) is 0.854. The molecule has 1 aliphatic rings. The van der Waals surface area contributed by atoms with Crippen LogP contribution in [0.3, 0.4) is 0 Å². The van der Waals surface area contributed by atoms with Crippen molar-refractivity contribution in [1.29, 1.82) is 0 Å². The summed E-state index contributed by atoms with van der Waals surface area (Å²) in [4.78, 5) is 33.8. The highest BCUT2D eigenvalue weighted by Crippen LogP contribution is 2.35. The minimum atomic E-state index is -0.0331. The molecule has 1 atom stereocenters. The van der Waals surface area contributed by atoms with Gasteiger partial charge in [-0.15, -0.1) is 23.1 Å². The molecule has 5 nitrogen and oxygen atoms in total. The van der Waals surface area contributed by atoms with Crippen LogP contribution in [0.2, 0.25) is 0 Å². The summed E-state index contributed by atoms with van der Waals surface area (Å²) in [6.07, 6.45) is 3.17. The topological polar surface area (TPSA) is 74.8 Å². The first-order chi connectivity index (χ1) is 11.4. The average molecular weight is 366 g/mol. The Labute approximate surface area is 149 Å². The highest BCUT2D eigenvalue weighted by Gasteiger charge is 2.23. The number of nitrogens with zero attached hydrogens (tertiary/aromatic N) is 1. The third kappa shape index (κ3) is 3.83. The zero-order chi connectivity index (χ0) is 17.3. The van der Waals surface area contributed by atoms with Crippen molar-refractivity contribution in [2.75, 3.05) is 5.75 Å². The minimum absolute atomic E-state index is 0.0130. The van der Waals surface area contributed by atoms with Crippen molar-refractivity contribution in [3.8, 4) is 0 Å². The predicted molar refractivity (Wildman–Crippen MR) is 101 cm³/mol. The lowest BCUT2D eigenvalue weighted by Gasteiger charge is -2.17. The smallest absolute Gasteiger partial charge is 0.259 e. The molecule has 2 aromatic heterocycles. The number of fused-ring (bicyclic) bond motifs is 3. The Bertz CT molecular complexity index is 810. The molecule has 0 bridgehead atoms. The summed E-state index contributed by atoms with van der Waals surface area (Å²) in [5.41, 5.74) is 1.17. The Morgan fingerprint density at radius 3 is 3.04 bits per heavy atom. The fraction of sp³-hybridized carbons (Fsp3) is 0.588. The van der Waals surface area contributed by atoms with Gasteiger partial charge in [0, 0.05) is 10.9 Å². The van der Waals surface area contributed by atoms with E-state index in [1.54, 1.807) is 11.3 Å². The maximum Gasteiger partial charge on any atom is 0.259 e. The summed E-state index contributed by atoms with van der Waals surface area (Å²) in [5, 5.41) is 3.64. The summed E-state index contributed by atoms with van der Waals surface area (Å²) in [5.74, 6) is 2.26. The fourth-order valence-electron chi connectivity index (χ4n) is 3.07. The van der Waals surface area contributed by atoms with Crippen LogP contribution in [0.1, 0.15) is 43.5 Å². The zero-order valence-electron chi connectivity index (χ0n) is 14.3. The summed E-state index contributed by atoms with van der Waals surface area (Å²) in [6, 6.07) is 0.146. The number of rotatable bonds is 5. The van der Waals surface area contributed by atoms with E-state index in [-0.39, 0.29) is 17.5 Å². The van der Waals surface area contributed by atoms with Crippen molar-refractivity contribution in [3.05, 3.63) is 26.6 Å². The first-order valence-corrected chi connectivity index (χ1v) is 10.3. The van der Waals surface area contributed by atoms with Crippen LogP contribution >= 0.6 is 23.1 Å². The van der Waals surface area contributed by atoms with Gasteiger partial charge in [-0.3, -0.25) is 9.59 Å². The van der Waals surface area contributed by atoms with Gasteiger partial charge in [-0.05, 0) is 44.6 Å². The number of carbonyl (C=O) groups excluding carboxylic acids is 1. The van der Waals surface area contributed by atoms with Gasteiger partial charge in [0.05, 0.1) is 16.9 Å². The molecular weight excluding hydrogens is 342 g/mol. The summed E-state index contributed by atoms with van der Waals surface area (Å²) >= 11 is 3.13. The van der Waals surface area contributed by atoms with Crippen molar-refractivity contribution in [3.63, 3.8) is 0 Å². The minimum Gasteiger partial charge on any atom is -0.353 e. The molecular formula is C17H23N3O2S2. The van der Waals surface area contributed by atoms with E-state index < -0.39 is 0 Å². The number of aryl methyl sites for hydroxylation is 1. The maximum atomic E-state index is 12.5. The molecule has 0 fully saturated rings. The first-order valence-electron chi connectivity index (χ1n) is 8.34. The van der Waals surface area contributed by atoms with Crippen LogP contribution in [0.25, 0.3) is 10.2 Å². The fourth-order valence-corrected chi connectivity index (χ4v) is 5.17. The Morgan fingerprint density at radius 1 is 1.50 bits per heavy atom. The standard InChI is InChI=1S/C17H23N3O2S2/c1-9(2)18-14(21)8-23-7-13-19-16(22)15-11-5-4-10(3)6-12(11)24-17(15)20-13/h9-10H,4-8H2,1-3H3,(H,18,21)(H,19,20,22)/t10-/m1/s1. The molecule has 0 radical (unpaired) electrons. The summed E-state index contributed by atoms with van der Waals surface area (Å²) in [7, 11) is 0. The van der Waals surface area contributed by atoms with E-state index >= 15 is 0 Å². The number of H-pyrrole nitrogens is 1. The lowest BCUT2D eigenvalue weighted by atomic mass is 9.89. The highest BCUT2D eigenvalue weighted by molar-refractivity contribution is 7.99. The SMILES string of the molecule is CC(C)NC(=O)CSCc1nc2sc3c(c2c(=O)[nH]1)CC[C@@H](C)C3. The second kappa shape index (κ2) is 7.27. The van der Waals surface area contributed by atoms with Crippen molar-refractivity contribution >= 4 is 39.2 Å². The molecule has 0 unspecified atom stereocenters. The van der Waals surface area contributed by atoms with Gasteiger partial charge in [0.25, 0.3) is 5.56 Å². The molecule has 24 heavy (non-hydrogen) atoms. The molecule has 0 spiro atoms. The Hall–Kier alpha value is -1.34. The van der Waals surface area contributed by atoms with Crippen molar-refractivity contribution in [1.82, 2.24) is 15.3 Å². The van der Waals surface area contributed by atoms with Crippen LogP contribution < -0.4 is 10.9 Å². The molecule has 0 aliphatic heterocycles. The van der Waals surface area contributed by atoms with Crippen molar-refractivity contribution in [2.45, 2.75) is 51.8 Å². The number of carbonyl (C=O) groups is 1. The number of thioether (sulfide) groups is 1. The second-order valence-electron chi connectivity index (χ2n) is 6.76. The number of hydrogen-bond acceptors (Lipinski definition) is 5. The monoisotopic (exact) mass is 365 g/mol. The van der Waals surface area contributed by atoms with Gasteiger partial charge in [0.1, 0.15) is 10.7 Å². The van der Waals surface area contributed by atoms with Crippen LogP contribution in [-0.4, -0.2) is 27.7 Å². The van der Waals surface area contributed by atoms with Crippen LogP contribution in [0.4, 0.5) is 0 Å². The maximum absolute atomic E-state index is 12.5. The molecule has 0 aromatic carbocycles. The molecule has 3 rings (SSSR count). The Kier molecular flexibility index (Phi) is 5.30. The van der Waals surface area contributed by atoms with E-state index in [1.807, 2.05) is 13.8 Å². The van der Waals surface area contributed by atoms with E-state index in [2.05, 4.69) is 22.2 Å². The van der Waals surface area contributed by atoms with E-state index in [9.17, 15) is 9.59 Å². The first kappa shape index (κ1) is 17.5. The number of aromatic nitrogens is 2. The molecule has 7 heteroatoms. The molecule has 1 aliphatic carbocycles. The number of thiophene rings is 1. The Balaban J connectivity index is 1.74. The molecule has 2 N–H and O–H groups in total. The van der Waals surface area contributed by atoms with Gasteiger partial charge in [-0.25, -0.2) is 4.98 Å². The van der Waals surface area contributed by atoms with Crippen LogP contribution in [0, 0.1) is 5.92 Å². The van der Waals surface area contributed by atoms with E-state index in [1.165, 1.54) is 22.2 Å². The van der Waals surface area contributed by atoms with Crippen LogP contribution in [-0.2, 0) is 23.4 Å². The van der Waals surface area contributed by atoms with E-state index in [0.717, 1.165) is 29.5 Å². The molecule has 0 saturated heterocycles. The zero-order valence-corrected chi connectivity index (χ0v) is 15.9. The lowest BCUT2D eigenvalue weighted by Crippen LogP contribution is -2.31. The van der Waals surface area contributed by atoms with Crippen LogP contribution in [0.5, 0.6) is 0 Å². The van der Waals surface area contributed by atoms with Gasteiger partial charge in [-0.2, -0.15) is 0 Å². The number of nitrogens with one attached hydrogen (secondary N) is 2. The van der Waals surface area contributed by atoms with E-state index in [0.29, 0.717) is 23.2 Å². The van der Waals surface area contributed by atoms with Gasteiger partial charge >= 0.3 is 0 Å². The normalized spacial score (nSPS) is 17.2. The summed E-state index contributed by atoms with van der Waals surface area (Å²) in [6.45, 7) is 6.14. The van der Waals surface area contributed by atoms with Gasteiger partial charge in [0.15, 0.2) is 0 Å². The molecule has 1 amide bonds. The van der Waals surface area contributed by atoms with Gasteiger partial charge in [0.2, 0.25) is 5.91 Å². The van der Waals surface area contributed by atoms with E-state index in [4.69, 9.17) is 0 Å². The number of hydrogen-bond donors (Lipinski definition) is 2. The van der Waals surface area contributed by atoms with Crippen molar-refractivity contribution < 1.29 is 4.79 Å². The largest absolute Gasteiger partial charge is 0.353 e. The Morgan fingerprint density at radius 2 is 2.29 bits per heavy atom. The van der Waals surface area contributed by atoms with Crippen molar-refractivity contribution in [2.24, 2.45) is 5.92 Å². The third-order valence-corrected chi connectivity index (χ3v) is 6.23. The predicted octanol–water partition coefficient (Wildman–Crippen LogP) is 2.87. The highest BCUT2D eigenvalue weighted by atomic mass is 32.2. The molecule has 2 heterocycles. The molecule has 2 aromatic rings. The number of aromatic amines is 1. The van der Waals surface area contributed by atoms with Gasteiger partial charge < -0.3 is 10.3 Å². The second-order valence-corrected chi connectivity index (χ2v) is 8.83.